The number of nitrogens with zero attached hydrogens (tertiary/aromatic N) is 3. The number of nitrogens with one attached hydrogen (secondary N) is 1. The van der Waals surface area contributed by atoms with Gasteiger partial charge in [0.25, 0.3) is 5.91 Å². The third-order valence-electron chi connectivity index (χ3n) is 4.63. The van der Waals surface area contributed by atoms with Crippen molar-refractivity contribution in [1.29, 1.82) is 0 Å². The van der Waals surface area contributed by atoms with E-state index in [1.807, 2.05) is 39.8 Å². The number of aromatic nitrogens is 3. The highest BCUT2D eigenvalue weighted by atomic mass is 35.5. The number of hydrogen-bond donors (Lipinski definition) is 1. The van der Waals surface area contributed by atoms with Crippen molar-refractivity contribution in [2.24, 2.45) is 0 Å². The molecule has 2 heterocycles. The lowest BCUT2D eigenvalue weighted by Crippen LogP contribution is -2.21. The lowest BCUT2D eigenvalue weighted by Gasteiger charge is -2.11. The number of benzene rings is 1. The maximum Gasteiger partial charge on any atom is 0.306 e. The Morgan fingerprint density at radius 2 is 1.93 bits per heavy atom. The Balaban J connectivity index is 1.55. The van der Waals surface area contributed by atoms with Gasteiger partial charge in [-0.1, -0.05) is 17.7 Å². The molecule has 0 atom stereocenters. The summed E-state index contributed by atoms with van der Waals surface area (Å²) in [7, 11) is 0. The van der Waals surface area contributed by atoms with Crippen molar-refractivity contribution in [2.75, 3.05) is 11.9 Å². The standard InChI is InChI=1S/C21H23ClN4O3/c1-12-5-7-18(17(22)9-12)24-20(27)11-29-21(28)8-6-16-14(3)23-19-10-13(2)25-26(19)15(16)4/h5,7,9-10H,6,8,11H2,1-4H3,(H,24,27). The van der Waals surface area contributed by atoms with Crippen LogP contribution in [0.15, 0.2) is 24.3 Å². The molecule has 0 spiro atoms. The van der Waals surface area contributed by atoms with Gasteiger partial charge in [-0.05, 0) is 57.4 Å². The molecule has 0 saturated heterocycles. The van der Waals surface area contributed by atoms with E-state index in [9.17, 15) is 9.59 Å². The third kappa shape index (κ3) is 4.92. The number of carbonyl (C=O) groups excluding carboxylic acids is 2. The molecule has 1 N–H and O–H groups in total. The molecule has 0 saturated carbocycles. The molecule has 0 radical (unpaired) electrons. The number of anilines is 1. The molecule has 29 heavy (non-hydrogen) atoms. The number of carbonyl (C=O) groups is 2. The summed E-state index contributed by atoms with van der Waals surface area (Å²) in [5, 5.41) is 7.50. The number of esters is 1. The van der Waals surface area contributed by atoms with Gasteiger partial charge < -0.3 is 10.1 Å². The smallest absolute Gasteiger partial charge is 0.306 e. The molecule has 7 nitrogen and oxygen atoms in total. The van der Waals surface area contributed by atoms with Gasteiger partial charge in [-0.25, -0.2) is 9.50 Å². The van der Waals surface area contributed by atoms with Crippen LogP contribution in [0, 0.1) is 27.7 Å². The second kappa shape index (κ2) is 8.61. The Labute approximate surface area is 174 Å². The maximum absolute atomic E-state index is 12.1. The van der Waals surface area contributed by atoms with Gasteiger partial charge in [0.2, 0.25) is 0 Å². The lowest BCUT2D eigenvalue weighted by atomic mass is 10.1. The average Bonchev–Trinajstić information content (AvgIpc) is 3.02. The van der Waals surface area contributed by atoms with Gasteiger partial charge >= 0.3 is 5.97 Å². The molecular formula is C21H23ClN4O3. The van der Waals surface area contributed by atoms with E-state index in [1.165, 1.54) is 0 Å². The Bertz CT molecular complexity index is 1090. The first-order valence-corrected chi connectivity index (χ1v) is 9.66. The van der Waals surface area contributed by atoms with Crippen LogP contribution in [0.3, 0.4) is 0 Å². The van der Waals surface area contributed by atoms with Crippen LogP contribution in [0.2, 0.25) is 5.02 Å². The van der Waals surface area contributed by atoms with Gasteiger partial charge in [0, 0.05) is 23.9 Å². The predicted molar refractivity (Wildman–Crippen MR) is 111 cm³/mol. The van der Waals surface area contributed by atoms with Crippen molar-refractivity contribution in [3.8, 4) is 0 Å². The van der Waals surface area contributed by atoms with E-state index in [1.54, 1.807) is 16.6 Å². The molecular weight excluding hydrogens is 392 g/mol. The largest absolute Gasteiger partial charge is 0.456 e. The minimum absolute atomic E-state index is 0.147. The molecule has 3 rings (SSSR count). The summed E-state index contributed by atoms with van der Waals surface area (Å²) in [5.74, 6) is -0.891. The molecule has 0 fully saturated rings. The van der Waals surface area contributed by atoms with Crippen LogP contribution in [-0.4, -0.2) is 33.1 Å². The topological polar surface area (TPSA) is 85.6 Å². The fourth-order valence-corrected chi connectivity index (χ4v) is 3.44. The zero-order valence-corrected chi connectivity index (χ0v) is 17.6. The highest BCUT2D eigenvalue weighted by Crippen LogP contribution is 2.22. The Hall–Kier alpha value is -2.93. The van der Waals surface area contributed by atoms with Crippen LogP contribution in [0.5, 0.6) is 0 Å². The van der Waals surface area contributed by atoms with Gasteiger partial charge in [0.05, 0.1) is 16.4 Å². The molecule has 2 aromatic heterocycles. The summed E-state index contributed by atoms with van der Waals surface area (Å²) in [5.41, 5.74) is 5.90. The van der Waals surface area contributed by atoms with Crippen molar-refractivity contribution in [2.45, 2.75) is 40.5 Å². The van der Waals surface area contributed by atoms with Gasteiger partial charge in [-0.2, -0.15) is 5.10 Å². The van der Waals surface area contributed by atoms with E-state index in [0.717, 1.165) is 33.9 Å². The molecule has 0 aliphatic heterocycles. The first kappa shape index (κ1) is 20.8. The van der Waals surface area contributed by atoms with E-state index < -0.39 is 11.9 Å². The number of amides is 1. The maximum atomic E-state index is 12.1. The van der Waals surface area contributed by atoms with Crippen LogP contribution < -0.4 is 5.32 Å². The minimum Gasteiger partial charge on any atom is -0.456 e. The number of ether oxygens (including phenoxy) is 1. The molecule has 0 unspecified atom stereocenters. The Kier molecular flexibility index (Phi) is 6.17. The molecule has 3 aromatic rings. The third-order valence-corrected chi connectivity index (χ3v) is 4.94. The Morgan fingerprint density at radius 1 is 1.17 bits per heavy atom. The molecule has 1 aromatic carbocycles. The number of fused-ring (bicyclic) bond motifs is 1. The van der Waals surface area contributed by atoms with Crippen molar-refractivity contribution in [1.82, 2.24) is 14.6 Å². The lowest BCUT2D eigenvalue weighted by molar-refractivity contribution is -0.147. The van der Waals surface area contributed by atoms with Gasteiger partial charge in [0.15, 0.2) is 12.3 Å². The molecule has 152 valence electrons. The second-order valence-corrected chi connectivity index (χ2v) is 7.42. The van der Waals surface area contributed by atoms with Crippen LogP contribution in [-0.2, 0) is 20.7 Å². The zero-order valence-electron chi connectivity index (χ0n) is 16.9. The van der Waals surface area contributed by atoms with Gasteiger partial charge in [-0.3, -0.25) is 9.59 Å². The fourth-order valence-electron chi connectivity index (χ4n) is 3.16. The molecule has 1 amide bonds. The first-order chi connectivity index (χ1) is 13.7. The zero-order chi connectivity index (χ0) is 21.1. The van der Waals surface area contributed by atoms with Gasteiger partial charge in [-0.15, -0.1) is 0 Å². The number of hydrogen-bond acceptors (Lipinski definition) is 5. The predicted octanol–water partition coefficient (Wildman–Crippen LogP) is 3.73. The Morgan fingerprint density at radius 3 is 2.66 bits per heavy atom. The van der Waals surface area contributed by atoms with Crippen LogP contribution in [0.4, 0.5) is 5.69 Å². The van der Waals surface area contributed by atoms with Gasteiger partial charge in [0.1, 0.15) is 0 Å². The normalized spacial score (nSPS) is 10.9. The van der Waals surface area contributed by atoms with E-state index in [2.05, 4.69) is 15.4 Å². The molecule has 8 heteroatoms. The van der Waals surface area contributed by atoms with Crippen molar-refractivity contribution in [3.05, 3.63) is 57.5 Å². The highest BCUT2D eigenvalue weighted by Gasteiger charge is 2.14. The highest BCUT2D eigenvalue weighted by molar-refractivity contribution is 6.33. The minimum atomic E-state index is -0.453. The van der Waals surface area contributed by atoms with Crippen LogP contribution >= 0.6 is 11.6 Å². The molecule has 0 aliphatic rings. The quantitative estimate of drug-likeness (QED) is 0.621. The summed E-state index contributed by atoms with van der Waals surface area (Å²) < 4.78 is 6.88. The number of aryl methyl sites for hydroxylation is 4. The molecule has 0 bridgehead atoms. The van der Waals surface area contributed by atoms with Crippen LogP contribution in [0.1, 0.15) is 34.6 Å². The fraction of sp³-hybridized carbons (Fsp3) is 0.333. The summed E-state index contributed by atoms with van der Waals surface area (Å²) in [6.07, 6.45) is 0.609. The first-order valence-electron chi connectivity index (χ1n) is 9.28. The second-order valence-electron chi connectivity index (χ2n) is 7.01. The summed E-state index contributed by atoms with van der Waals surface area (Å²) in [6, 6.07) is 7.21. The van der Waals surface area contributed by atoms with Crippen molar-refractivity contribution < 1.29 is 14.3 Å². The SMILES string of the molecule is Cc1ccc(NC(=O)COC(=O)CCc2c(C)nc3cc(C)nn3c2C)c(Cl)c1. The van der Waals surface area contributed by atoms with E-state index >= 15 is 0 Å². The van der Waals surface area contributed by atoms with E-state index in [0.29, 0.717) is 17.1 Å². The monoisotopic (exact) mass is 414 g/mol. The summed E-state index contributed by atoms with van der Waals surface area (Å²) in [4.78, 5) is 28.7. The van der Waals surface area contributed by atoms with E-state index in [4.69, 9.17) is 16.3 Å². The number of rotatable bonds is 6. The average molecular weight is 415 g/mol. The van der Waals surface area contributed by atoms with Crippen molar-refractivity contribution in [3.63, 3.8) is 0 Å². The number of halogens is 1. The summed E-state index contributed by atoms with van der Waals surface area (Å²) >= 11 is 6.09. The van der Waals surface area contributed by atoms with Crippen molar-refractivity contribution >= 4 is 34.8 Å². The van der Waals surface area contributed by atoms with Crippen LogP contribution in [0.25, 0.3) is 5.65 Å². The summed E-state index contributed by atoms with van der Waals surface area (Å²) in [6.45, 7) is 7.32. The van der Waals surface area contributed by atoms with E-state index in [-0.39, 0.29) is 13.0 Å². The molecule has 0 aliphatic carbocycles.